The van der Waals surface area contributed by atoms with Crippen LogP contribution in [-0.4, -0.2) is 45.3 Å². The highest BCUT2D eigenvalue weighted by molar-refractivity contribution is 5.94. The van der Waals surface area contributed by atoms with Gasteiger partial charge in [-0.15, -0.1) is 0 Å². The Bertz CT molecular complexity index is 911. The summed E-state index contributed by atoms with van der Waals surface area (Å²) >= 11 is 0. The number of rotatable bonds is 5. The van der Waals surface area contributed by atoms with Gasteiger partial charge in [0.25, 0.3) is 5.91 Å². The number of nitrogens with one attached hydrogen (secondary N) is 1. The second-order valence-electron chi connectivity index (χ2n) is 6.38. The van der Waals surface area contributed by atoms with E-state index in [4.69, 9.17) is 4.52 Å². The second-order valence-corrected chi connectivity index (χ2v) is 6.38. The van der Waals surface area contributed by atoms with Gasteiger partial charge in [-0.2, -0.15) is 0 Å². The topological polar surface area (TPSA) is 104 Å². The van der Waals surface area contributed by atoms with Crippen LogP contribution in [0.15, 0.2) is 53.4 Å². The van der Waals surface area contributed by atoms with Crippen LogP contribution in [0.4, 0.5) is 5.82 Å². The van der Waals surface area contributed by atoms with Crippen LogP contribution in [0.5, 0.6) is 0 Å². The molecule has 1 aromatic carbocycles. The smallest absolute Gasteiger partial charge is 0.251 e. The number of hydrogen-bond donors (Lipinski definition) is 2. The Balaban J connectivity index is 1.45. The van der Waals surface area contributed by atoms with E-state index in [9.17, 15) is 9.90 Å². The lowest BCUT2D eigenvalue weighted by atomic mass is 10.1. The lowest BCUT2D eigenvalue weighted by Gasteiger charge is -2.16. The van der Waals surface area contributed by atoms with Crippen LogP contribution >= 0.6 is 0 Å². The number of carbonyl (C=O) groups excluding carboxylic acids is 1. The molecule has 8 heteroatoms. The lowest BCUT2D eigenvalue weighted by molar-refractivity contribution is 0.0950. The zero-order valence-corrected chi connectivity index (χ0v) is 14.6. The minimum Gasteiger partial charge on any atom is -0.391 e. The molecule has 3 heterocycles. The number of anilines is 1. The molecule has 1 amide bonds. The van der Waals surface area contributed by atoms with Crippen molar-refractivity contribution in [3.8, 4) is 11.4 Å². The predicted molar refractivity (Wildman–Crippen MR) is 98.0 cm³/mol. The van der Waals surface area contributed by atoms with Crippen molar-refractivity contribution in [3.05, 3.63) is 60.1 Å². The predicted octanol–water partition coefficient (Wildman–Crippen LogP) is 1.63. The van der Waals surface area contributed by atoms with Crippen LogP contribution in [0.25, 0.3) is 11.4 Å². The molecule has 0 radical (unpaired) electrons. The van der Waals surface area contributed by atoms with Gasteiger partial charge in [0.1, 0.15) is 17.8 Å². The van der Waals surface area contributed by atoms with Crippen molar-refractivity contribution >= 4 is 11.7 Å². The Labute approximate surface area is 155 Å². The fourth-order valence-corrected chi connectivity index (χ4v) is 2.99. The molecule has 27 heavy (non-hydrogen) atoms. The molecule has 0 bridgehead atoms. The van der Waals surface area contributed by atoms with E-state index in [2.05, 4.69) is 20.4 Å². The van der Waals surface area contributed by atoms with Crippen molar-refractivity contribution in [1.82, 2.24) is 20.4 Å². The molecule has 1 saturated heterocycles. The van der Waals surface area contributed by atoms with Crippen molar-refractivity contribution in [2.45, 2.75) is 19.1 Å². The summed E-state index contributed by atoms with van der Waals surface area (Å²) in [6.45, 7) is 1.67. The quantitative estimate of drug-likeness (QED) is 0.708. The van der Waals surface area contributed by atoms with Gasteiger partial charge in [-0.25, -0.2) is 9.97 Å². The SMILES string of the molecule is O=C(NCc1ccon1)c1ccc(-c2nccc(N3CC[C@H](O)C3)n2)cc1. The zero-order valence-electron chi connectivity index (χ0n) is 14.6. The van der Waals surface area contributed by atoms with Gasteiger partial charge in [0.15, 0.2) is 5.82 Å². The van der Waals surface area contributed by atoms with Gasteiger partial charge in [-0.3, -0.25) is 4.79 Å². The highest BCUT2D eigenvalue weighted by Gasteiger charge is 2.21. The first-order valence-corrected chi connectivity index (χ1v) is 8.73. The van der Waals surface area contributed by atoms with E-state index in [1.807, 2.05) is 23.1 Å². The Morgan fingerprint density at radius 3 is 2.81 bits per heavy atom. The van der Waals surface area contributed by atoms with Crippen LogP contribution in [0.1, 0.15) is 22.5 Å². The number of β-amino-alcohol motifs (C(OH)–C–C–N with tert-alkyl or cyclic N) is 1. The van der Waals surface area contributed by atoms with Crippen LogP contribution < -0.4 is 10.2 Å². The summed E-state index contributed by atoms with van der Waals surface area (Å²) in [4.78, 5) is 23.2. The van der Waals surface area contributed by atoms with E-state index >= 15 is 0 Å². The molecule has 8 nitrogen and oxygen atoms in total. The van der Waals surface area contributed by atoms with Gasteiger partial charge < -0.3 is 19.8 Å². The molecule has 0 unspecified atom stereocenters. The van der Waals surface area contributed by atoms with E-state index < -0.39 is 0 Å². The molecular formula is C19H19N5O3. The van der Waals surface area contributed by atoms with Gasteiger partial charge in [0.2, 0.25) is 0 Å². The highest BCUT2D eigenvalue weighted by Crippen LogP contribution is 2.22. The number of carbonyl (C=O) groups is 1. The summed E-state index contributed by atoms with van der Waals surface area (Å²) in [6.07, 6.45) is 3.62. The first kappa shape index (κ1) is 17.2. The monoisotopic (exact) mass is 365 g/mol. The first-order valence-electron chi connectivity index (χ1n) is 8.73. The average Bonchev–Trinajstić information content (AvgIpc) is 3.38. The maximum absolute atomic E-state index is 12.2. The molecule has 0 saturated carbocycles. The van der Waals surface area contributed by atoms with Crippen molar-refractivity contribution in [2.24, 2.45) is 0 Å². The summed E-state index contributed by atoms with van der Waals surface area (Å²) in [6, 6.07) is 10.7. The van der Waals surface area contributed by atoms with Gasteiger partial charge in [-0.05, 0) is 24.6 Å². The normalized spacial score (nSPS) is 16.5. The molecule has 2 N–H and O–H groups in total. The summed E-state index contributed by atoms with van der Waals surface area (Å²) in [7, 11) is 0. The van der Waals surface area contributed by atoms with Gasteiger partial charge >= 0.3 is 0 Å². The minimum atomic E-state index is -0.307. The maximum atomic E-state index is 12.2. The van der Waals surface area contributed by atoms with Gasteiger partial charge in [-0.1, -0.05) is 17.3 Å². The molecule has 138 valence electrons. The largest absolute Gasteiger partial charge is 0.391 e. The molecule has 4 rings (SSSR count). The van der Waals surface area contributed by atoms with E-state index in [-0.39, 0.29) is 12.0 Å². The number of aromatic nitrogens is 3. The standard InChI is InChI=1S/C19H19N5O3/c25-16-6-9-24(12-16)17-5-8-20-18(22-17)13-1-3-14(4-2-13)19(26)21-11-15-7-10-27-23-15/h1-5,7-8,10,16,25H,6,9,11-12H2,(H,21,26)/t16-/m0/s1. The third kappa shape index (κ3) is 3.95. The third-order valence-electron chi connectivity index (χ3n) is 4.45. The lowest BCUT2D eigenvalue weighted by Crippen LogP contribution is -2.23. The number of nitrogens with zero attached hydrogens (tertiary/aromatic N) is 4. The molecule has 1 aliphatic rings. The third-order valence-corrected chi connectivity index (χ3v) is 4.45. The van der Waals surface area contributed by atoms with E-state index in [1.165, 1.54) is 6.26 Å². The molecule has 0 aliphatic carbocycles. The van der Waals surface area contributed by atoms with Crippen molar-refractivity contribution < 1.29 is 14.4 Å². The Morgan fingerprint density at radius 2 is 2.11 bits per heavy atom. The first-order chi connectivity index (χ1) is 13.2. The average molecular weight is 365 g/mol. The Hall–Kier alpha value is -3.26. The molecule has 1 fully saturated rings. The molecule has 2 aromatic heterocycles. The van der Waals surface area contributed by atoms with E-state index in [1.54, 1.807) is 24.4 Å². The second kappa shape index (κ2) is 7.55. The van der Waals surface area contributed by atoms with E-state index in [0.717, 1.165) is 24.3 Å². The maximum Gasteiger partial charge on any atom is 0.251 e. The van der Waals surface area contributed by atoms with Crippen LogP contribution in [0.3, 0.4) is 0 Å². The highest BCUT2D eigenvalue weighted by atomic mass is 16.5. The van der Waals surface area contributed by atoms with Crippen LogP contribution in [0, 0.1) is 0 Å². The molecule has 1 aliphatic heterocycles. The molecule has 1 atom stereocenters. The summed E-state index contributed by atoms with van der Waals surface area (Å²) in [5.74, 6) is 1.19. The fraction of sp³-hybridized carbons (Fsp3) is 0.263. The van der Waals surface area contributed by atoms with Crippen molar-refractivity contribution in [2.75, 3.05) is 18.0 Å². The van der Waals surface area contributed by atoms with Crippen molar-refractivity contribution in [3.63, 3.8) is 0 Å². The number of hydrogen-bond acceptors (Lipinski definition) is 7. The molecular weight excluding hydrogens is 346 g/mol. The number of aliphatic hydroxyl groups is 1. The molecule has 0 spiro atoms. The van der Waals surface area contributed by atoms with Crippen LogP contribution in [0.2, 0.25) is 0 Å². The zero-order chi connectivity index (χ0) is 18.6. The summed E-state index contributed by atoms with van der Waals surface area (Å²) in [5.41, 5.74) is 2.03. The molecule has 3 aromatic rings. The van der Waals surface area contributed by atoms with Gasteiger partial charge in [0, 0.05) is 36.5 Å². The summed E-state index contributed by atoms with van der Waals surface area (Å²) < 4.78 is 4.74. The Kier molecular flexibility index (Phi) is 4.80. The minimum absolute atomic E-state index is 0.190. The number of aliphatic hydroxyl groups excluding tert-OH is 1. The fourth-order valence-electron chi connectivity index (χ4n) is 2.99. The van der Waals surface area contributed by atoms with E-state index in [0.29, 0.717) is 30.2 Å². The van der Waals surface area contributed by atoms with Crippen molar-refractivity contribution in [1.29, 1.82) is 0 Å². The number of benzene rings is 1. The van der Waals surface area contributed by atoms with Crippen LogP contribution in [-0.2, 0) is 6.54 Å². The summed E-state index contributed by atoms with van der Waals surface area (Å²) in [5, 5.41) is 16.2. The number of amides is 1. The Morgan fingerprint density at radius 1 is 1.26 bits per heavy atom. The van der Waals surface area contributed by atoms with Gasteiger partial charge in [0.05, 0.1) is 12.6 Å².